The Labute approximate surface area is 553 Å². The van der Waals surface area contributed by atoms with Crippen molar-refractivity contribution < 1.29 is 67.6 Å². The third-order valence-corrected chi connectivity index (χ3v) is 17.5. The van der Waals surface area contributed by atoms with Crippen molar-refractivity contribution in [2.24, 2.45) is 5.92 Å². The SMILES string of the molecule is CC[C@@H](C)C(=O)N[C@@H](C)C(=O)N1C[C@@H]2C[C@H]1C(=O)N[C@@H](Cc1ccccc1)C(=O)N[C@H](C(=O)O)Cc1ccc(cc1)OCc1cn(nn1)[C@H]1C[C@@H](C(=O)N[C@@H](Cc3ccccc3)C(=O)N[C@H](C(=O)O)Cc3ccc(cc3)OCc3cn2nn3)N(C(=O)[C@H](C)NC(=O)[C@H](C)NC)C1. The van der Waals surface area contributed by atoms with Crippen LogP contribution in [-0.2, 0) is 86.8 Å². The summed E-state index contributed by atoms with van der Waals surface area (Å²) in [4.78, 5) is 142. The number of hydrogen-bond acceptors (Lipinski definition) is 17. The minimum atomic E-state index is -1.48. The van der Waals surface area contributed by atoms with Crippen molar-refractivity contribution in [1.82, 2.24) is 77.0 Å². The number of nitrogens with one attached hydrogen (secondary N) is 7. The van der Waals surface area contributed by atoms with E-state index in [1.807, 2.05) is 6.92 Å². The number of aromatic nitrogens is 6. The van der Waals surface area contributed by atoms with Crippen LogP contribution in [0.2, 0.25) is 0 Å². The summed E-state index contributed by atoms with van der Waals surface area (Å²) in [6, 6.07) is 18.3. The summed E-state index contributed by atoms with van der Waals surface area (Å²) >= 11 is 0. The molecule has 0 radical (unpaired) electrons. The summed E-state index contributed by atoms with van der Waals surface area (Å²) in [6.07, 6.45) is 3.19. The number of ether oxygens (including phenoxy) is 2. The van der Waals surface area contributed by atoms with Crippen LogP contribution in [0, 0.1) is 5.92 Å². The molecule has 2 aromatic heterocycles. The lowest BCUT2D eigenvalue weighted by Gasteiger charge is -2.29. The minimum absolute atomic E-state index is 0.00633. The Hall–Kier alpha value is -10.6. The fraction of sp³-hybridized carbons (Fsp3) is 0.433. The number of hydrogen-bond donors (Lipinski definition) is 9. The number of benzene rings is 4. The normalized spacial score (nSPS) is 22.6. The minimum Gasteiger partial charge on any atom is -0.487 e. The molecule has 8 heterocycles. The van der Waals surface area contributed by atoms with E-state index in [4.69, 9.17) is 9.47 Å². The zero-order valence-corrected chi connectivity index (χ0v) is 54.1. The second kappa shape index (κ2) is 32.0. The summed E-state index contributed by atoms with van der Waals surface area (Å²) in [7, 11) is 1.59. The Morgan fingerprint density at radius 1 is 0.542 bits per heavy atom. The highest BCUT2D eigenvalue weighted by Gasteiger charge is 2.46. The van der Waals surface area contributed by atoms with Gasteiger partial charge in [-0.1, -0.05) is 109 Å². The molecule has 96 heavy (non-hydrogen) atoms. The van der Waals surface area contributed by atoms with Gasteiger partial charge >= 0.3 is 11.9 Å². The molecule has 12 rings (SSSR count). The van der Waals surface area contributed by atoms with E-state index in [1.165, 1.54) is 33.0 Å². The molecule has 12 atom stereocenters. The summed E-state index contributed by atoms with van der Waals surface area (Å²) in [6.45, 7) is 7.86. The Morgan fingerprint density at radius 2 is 0.938 bits per heavy atom. The molecular formula is C67H81N15O14. The zero-order valence-electron chi connectivity index (χ0n) is 54.1. The third kappa shape index (κ3) is 18.0. The molecule has 0 spiro atoms. The van der Waals surface area contributed by atoms with Crippen LogP contribution in [-0.4, -0.2) is 184 Å². The van der Waals surface area contributed by atoms with E-state index >= 15 is 0 Å². The average molecular weight is 1320 g/mol. The molecule has 6 aliphatic heterocycles. The third-order valence-electron chi connectivity index (χ3n) is 17.5. The molecule has 12 bridgehead atoms. The van der Waals surface area contributed by atoms with Crippen molar-refractivity contribution in [3.05, 3.63) is 155 Å². The first-order valence-electron chi connectivity index (χ1n) is 31.9. The summed E-state index contributed by atoms with van der Waals surface area (Å²) in [5.74, 6) is -7.45. The molecule has 9 N–H and O–H groups in total. The van der Waals surface area contributed by atoms with Crippen LogP contribution in [0.15, 0.2) is 122 Å². The molecule has 0 unspecified atom stereocenters. The second-order valence-electron chi connectivity index (χ2n) is 24.5. The van der Waals surface area contributed by atoms with Gasteiger partial charge in [-0.3, -0.25) is 38.4 Å². The molecule has 4 aromatic carbocycles. The maximum Gasteiger partial charge on any atom is 0.326 e. The topological polar surface area (TPSA) is 382 Å². The standard InChI is InChI=1S/C67H81N15O14/c1-7-38(2)58(83)69-40(4)64(89)79-34-48-30-56(79)62(87)71-52(26-42-14-10-8-11-15-42)60(85)73-54(66(91)92)28-44-20-24-51(25-21-44)96-37-47-33-82(78-76-47)49-31-57(80(35-49)65(90)41(5)70-59(84)39(3)68-6)63(88)72-53(27-43-16-12-9-13-17-43)61(86)74-55(67(93)94)29-45-18-22-50(23-19-45)95-36-46-32-81(48)77-75-46/h8-25,32-33,38-41,48-49,52-57,68H,7,26-31,34-37H2,1-6H3,(H,69,83)(H,70,84)(H,71,87)(H,72,88)(H,73,85)(H,74,86)(H,91,92)(H,93,94)/t38-,39+,40+,41+,48+,49+,52+,53+,54+,55+,56+,57+/m1/s1. The van der Waals surface area contributed by atoms with Gasteiger partial charge in [-0.05, 0) is 80.8 Å². The first-order chi connectivity index (χ1) is 46.0. The number of carbonyl (C=O) groups is 10. The molecule has 0 aliphatic carbocycles. The van der Waals surface area contributed by atoms with E-state index in [-0.39, 0.29) is 70.7 Å². The molecule has 2 fully saturated rings. The van der Waals surface area contributed by atoms with Crippen molar-refractivity contribution >= 4 is 59.2 Å². The number of carboxylic acid groups (broad SMARTS) is 2. The van der Waals surface area contributed by atoms with Crippen molar-refractivity contribution in [3.63, 3.8) is 0 Å². The van der Waals surface area contributed by atoms with Gasteiger partial charge in [0, 0.05) is 57.5 Å². The fourth-order valence-electron chi connectivity index (χ4n) is 11.6. The lowest BCUT2D eigenvalue weighted by molar-refractivity contribution is -0.143. The van der Waals surface area contributed by atoms with Crippen molar-refractivity contribution in [2.45, 2.75) is 159 Å². The van der Waals surface area contributed by atoms with Gasteiger partial charge in [0.15, 0.2) is 0 Å². The first kappa shape index (κ1) is 69.8. The Bertz CT molecular complexity index is 3500. The Kier molecular flexibility index (Phi) is 23.3. The van der Waals surface area contributed by atoms with Gasteiger partial charge < -0.3 is 66.7 Å². The van der Waals surface area contributed by atoms with Crippen molar-refractivity contribution in [2.75, 3.05) is 20.1 Å². The molecule has 6 aliphatic rings. The van der Waals surface area contributed by atoms with Crippen LogP contribution in [0.3, 0.4) is 0 Å². The highest BCUT2D eigenvalue weighted by atomic mass is 16.5. The smallest absolute Gasteiger partial charge is 0.326 e. The number of carbonyl (C=O) groups excluding carboxylic acids is 8. The quantitative estimate of drug-likeness (QED) is 0.0743. The summed E-state index contributed by atoms with van der Waals surface area (Å²) in [5, 5.41) is 57.5. The molecule has 2 saturated heterocycles. The highest BCUT2D eigenvalue weighted by molar-refractivity contribution is 5.97. The number of likely N-dealkylation sites (tertiary alicyclic amines) is 2. The number of carboxylic acids is 2. The van der Waals surface area contributed by atoms with Crippen LogP contribution in [0.5, 0.6) is 11.5 Å². The van der Waals surface area contributed by atoms with E-state index in [0.717, 1.165) is 0 Å². The maximum atomic E-state index is 14.8. The predicted octanol–water partition coefficient (Wildman–Crippen LogP) is 1.37. The molecule has 29 heteroatoms. The molecule has 29 nitrogen and oxygen atoms in total. The van der Waals surface area contributed by atoms with Crippen LogP contribution in [0.1, 0.15) is 99.6 Å². The van der Waals surface area contributed by atoms with Crippen LogP contribution >= 0.6 is 0 Å². The number of nitrogens with zero attached hydrogens (tertiary/aromatic N) is 8. The van der Waals surface area contributed by atoms with Crippen LogP contribution in [0.4, 0.5) is 0 Å². The van der Waals surface area contributed by atoms with Gasteiger partial charge in [-0.25, -0.2) is 19.0 Å². The molecule has 0 saturated carbocycles. The van der Waals surface area contributed by atoms with E-state index in [1.54, 1.807) is 142 Å². The maximum absolute atomic E-state index is 14.8. The predicted molar refractivity (Wildman–Crippen MR) is 344 cm³/mol. The number of amides is 8. The van der Waals surface area contributed by atoms with Gasteiger partial charge in [-0.2, -0.15) is 0 Å². The zero-order chi connectivity index (χ0) is 68.7. The number of rotatable bonds is 14. The number of likely N-dealkylation sites (N-methyl/N-ethyl adjacent to an activating group) is 1. The van der Waals surface area contributed by atoms with Crippen molar-refractivity contribution in [1.29, 1.82) is 0 Å². The number of aliphatic carboxylic acids is 2. The average Bonchev–Trinajstić information content (AvgIpc) is 1.65. The summed E-state index contributed by atoms with van der Waals surface area (Å²) in [5.41, 5.74) is 2.99. The van der Waals surface area contributed by atoms with E-state index < -0.39 is 126 Å². The molecule has 8 amide bonds. The lowest BCUT2D eigenvalue weighted by atomic mass is 10.0. The van der Waals surface area contributed by atoms with Gasteiger partial charge in [0.05, 0.1) is 30.5 Å². The fourth-order valence-corrected chi connectivity index (χ4v) is 11.6. The largest absolute Gasteiger partial charge is 0.487 e. The molecule has 508 valence electrons. The molecule has 6 aromatic rings. The van der Waals surface area contributed by atoms with E-state index in [0.29, 0.717) is 51.6 Å². The first-order valence-corrected chi connectivity index (χ1v) is 31.9. The lowest BCUT2D eigenvalue weighted by Crippen LogP contribution is -2.58. The second-order valence-corrected chi connectivity index (χ2v) is 24.5. The van der Waals surface area contributed by atoms with Gasteiger partial charge in [0.2, 0.25) is 47.3 Å². The highest BCUT2D eigenvalue weighted by Crippen LogP contribution is 2.31. The van der Waals surface area contributed by atoms with E-state index in [2.05, 4.69) is 57.8 Å². The van der Waals surface area contributed by atoms with Gasteiger partial charge in [0.25, 0.3) is 0 Å². The van der Waals surface area contributed by atoms with Gasteiger partial charge in [-0.15, -0.1) is 10.2 Å². The van der Waals surface area contributed by atoms with Crippen LogP contribution < -0.4 is 46.7 Å². The Morgan fingerprint density at radius 3 is 1.31 bits per heavy atom. The van der Waals surface area contributed by atoms with Gasteiger partial charge in [0.1, 0.15) is 84.4 Å². The summed E-state index contributed by atoms with van der Waals surface area (Å²) < 4.78 is 15.1. The Balaban J connectivity index is 1.01. The van der Waals surface area contributed by atoms with Crippen molar-refractivity contribution in [3.8, 4) is 11.5 Å². The molecular weight excluding hydrogens is 1240 g/mol. The monoisotopic (exact) mass is 1320 g/mol. The van der Waals surface area contributed by atoms with E-state index in [9.17, 15) is 58.2 Å². The van der Waals surface area contributed by atoms with Crippen LogP contribution in [0.25, 0.3) is 0 Å².